The number of rotatable bonds is 5. The van der Waals surface area contributed by atoms with Gasteiger partial charge >= 0.3 is 0 Å². The van der Waals surface area contributed by atoms with Gasteiger partial charge in [-0.3, -0.25) is 0 Å². The summed E-state index contributed by atoms with van der Waals surface area (Å²) in [5, 5.41) is 3.92. The second-order valence-electron chi connectivity index (χ2n) is 4.78. The molecule has 1 atom stereocenters. The third-order valence-electron chi connectivity index (χ3n) is 3.26. The molecule has 0 amide bonds. The van der Waals surface area contributed by atoms with Crippen LogP contribution in [-0.4, -0.2) is 12.3 Å². The van der Waals surface area contributed by atoms with Crippen LogP contribution in [-0.2, 0) is 6.61 Å². The van der Waals surface area contributed by atoms with E-state index in [0.29, 0.717) is 6.61 Å². The zero-order chi connectivity index (χ0) is 14.7. The van der Waals surface area contributed by atoms with Crippen LogP contribution < -0.4 is 15.2 Å². The maximum atomic E-state index is 5.96. The zero-order valence-corrected chi connectivity index (χ0v) is 12.3. The van der Waals surface area contributed by atoms with E-state index in [1.165, 1.54) is 0 Å². The molecule has 5 heteroatoms. The SMILES string of the molecule is COc1ccc([C@@H](C)N)c(OCc2c(C)noc2C)c1. The quantitative estimate of drug-likeness (QED) is 0.909. The molecule has 0 fully saturated rings. The van der Waals surface area contributed by atoms with Crippen LogP contribution in [0.15, 0.2) is 22.7 Å². The first-order valence-electron chi connectivity index (χ1n) is 6.51. The normalized spacial score (nSPS) is 12.2. The molecule has 1 heterocycles. The van der Waals surface area contributed by atoms with Gasteiger partial charge in [0.05, 0.1) is 18.4 Å². The van der Waals surface area contributed by atoms with Crippen molar-refractivity contribution in [2.45, 2.75) is 33.4 Å². The molecule has 1 aromatic carbocycles. The van der Waals surface area contributed by atoms with Crippen LogP contribution in [0.3, 0.4) is 0 Å². The maximum Gasteiger partial charge on any atom is 0.140 e. The van der Waals surface area contributed by atoms with Crippen molar-refractivity contribution in [3.8, 4) is 11.5 Å². The van der Waals surface area contributed by atoms with Gasteiger partial charge in [0.15, 0.2) is 0 Å². The van der Waals surface area contributed by atoms with Gasteiger partial charge < -0.3 is 19.7 Å². The predicted molar refractivity (Wildman–Crippen MR) is 75.9 cm³/mol. The zero-order valence-electron chi connectivity index (χ0n) is 12.3. The van der Waals surface area contributed by atoms with E-state index >= 15 is 0 Å². The number of methoxy groups -OCH3 is 1. The van der Waals surface area contributed by atoms with E-state index in [1.54, 1.807) is 7.11 Å². The number of ether oxygens (including phenoxy) is 2. The molecule has 0 saturated heterocycles. The van der Waals surface area contributed by atoms with Crippen LogP contribution in [0.4, 0.5) is 0 Å². The minimum Gasteiger partial charge on any atom is -0.497 e. The lowest BCUT2D eigenvalue weighted by molar-refractivity contribution is 0.295. The summed E-state index contributed by atoms with van der Waals surface area (Å²) in [7, 11) is 1.62. The average Bonchev–Trinajstić information content (AvgIpc) is 2.75. The Morgan fingerprint density at radius 3 is 2.65 bits per heavy atom. The average molecular weight is 276 g/mol. The summed E-state index contributed by atoms with van der Waals surface area (Å²) < 4.78 is 16.2. The highest BCUT2D eigenvalue weighted by molar-refractivity contribution is 5.42. The molecular weight excluding hydrogens is 256 g/mol. The van der Waals surface area contributed by atoms with E-state index in [1.807, 2.05) is 39.0 Å². The van der Waals surface area contributed by atoms with Crippen LogP contribution in [0.1, 0.15) is 35.5 Å². The number of aromatic nitrogens is 1. The van der Waals surface area contributed by atoms with E-state index < -0.39 is 0 Å². The third kappa shape index (κ3) is 2.93. The highest BCUT2D eigenvalue weighted by atomic mass is 16.5. The first-order valence-corrected chi connectivity index (χ1v) is 6.51. The fraction of sp³-hybridized carbons (Fsp3) is 0.400. The van der Waals surface area contributed by atoms with Gasteiger partial charge in [0.1, 0.15) is 23.9 Å². The molecule has 2 N–H and O–H groups in total. The molecule has 0 spiro atoms. The maximum absolute atomic E-state index is 5.96. The summed E-state index contributed by atoms with van der Waals surface area (Å²) in [6.07, 6.45) is 0. The highest BCUT2D eigenvalue weighted by Gasteiger charge is 2.13. The van der Waals surface area contributed by atoms with E-state index in [-0.39, 0.29) is 6.04 Å². The van der Waals surface area contributed by atoms with E-state index in [2.05, 4.69) is 5.16 Å². The van der Waals surface area contributed by atoms with Crippen LogP contribution in [0.5, 0.6) is 11.5 Å². The van der Waals surface area contributed by atoms with Crippen LogP contribution in [0, 0.1) is 13.8 Å². The third-order valence-corrected chi connectivity index (χ3v) is 3.26. The molecular formula is C15H20N2O3. The van der Waals surface area contributed by atoms with Gasteiger partial charge in [-0.25, -0.2) is 0 Å². The van der Waals surface area contributed by atoms with Crippen LogP contribution in [0.25, 0.3) is 0 Å². The minimum absolute atomic E-state index is 0.111. The molecule has 0 aliphatic heterocycles. The van der Waals surface area contributed by atoms with Gasteiger partial charge in [0, 0.05) is 17.7 Å². The van der Waals surface area contributed by atoms with Gasteiger partial charge in [-0.2, -0.15) is 0 Å². The van der Waals surface area contributed by atoms with Gasteiger partial charge in [-0.1, -0.05) is 11.2 Å². The van der Waals surface area contributed by atoms with Crippen molar-refractivity contribution >= 4 is 0 Å². The molecule has 0 aliphatic rings. The Labute approximate surface area is 118 Å². The van der Waals surface area contributed by atoms with E-state index in [4.69, 9.17) is 19.7 Å². The smallest absolute Gasteiger partial charge is 0.140 e. The summed E-state index contributed by atoms with van der Waals surface area (Å²) in [4.78, 5) is 0. The van der Waals surface area contributed by atoms with Crippen LogP contribution >= 0.6 is 0 Å². The number of nitrogens with two attached hydrogens (primary N) is 1. The standard InChI is InChI=1S/C15H20N2O3/c1-9(16)13-6-5-12(18-4)7-15(13)19-8-14-10(2)17-20-11(14)3/h5-7,9H,8,16H2,1-4H3/t9-/m1/s1. The topological polar surface area (TPSA) is 70.5 Å². The van der Waals surface area contributed by atoms with E-state index in [9.17, 15) is 0 Å². The number of aryl methyl sites for hydroxylation is 2. The summed E-state index contributed by atoms with van der Waals surface area (Å²) in [5.41, 5.74) is 8.71. The fourth-order valence-electron chi connectivity index (χ4n) is 2.00. The van der Waals surface area contributed by atoms with Gasteiger partial charge in [0.2, 0.25) is 0 Å². The fourth-order valence-corrected chi connectivity index (χ4v) is 2.00. The molecule has 5 nitrogen and oxygen atoms in total. The van der Waals surface area contributed by atoms with Crippen molar-refractivity contribution in [2.24, 2.45) is 5.73 Å². The van der Waals surface area contributed by atoms with Crippen molar-refractivity contribution in [3.63, 3.8) is 0 Å². The second-order valence-corrected chi connectivity index (χ2v) is 4.78. The molecule has 108 valence electrons. The van der Waals surface area contributed by atoms with Crippen molar-refractivity contribution in [2.75, 3.05) is 7.11 Å². The molecule has 0 aliphatic carbocycles. The Bertz CT molecular complexity index is 571. The van der Waals surface area contributed by atoms with Crippen molar-refractivity contribution in [1.82, 2.24) is 5.16 Å². The van der Waals surface area contributed by atoms with Crippen molar-refractivity contribution < 1.29 is 14.0 Å². The highest BCUT2D eigenvalue weighted by Crippen LogP contribution is 2.29. The largest absolute Gasteiger partial charge is 0.497 e. The van der Waals surface area contributed by atoms with Crippen molar-refractivity contribution in [3.05, 3.63) is 40.8 Å². The second kappa shape index (κ2) is 5.96. The summed E-state index contributed by atoms with van der Waals surface area (Å²) >= 11 is 0. The Morgan fingerprint density at radius 2 is 2.10 bits per heavy atom. The summed E-state index contributed by atoms with van der Waals surface area (Å²) in [5.74, 6) is 2.23. The Balaban J connectivity index is 2.23. The molecule has 0 bridgehead atoms. The molecule has 0 unspecified atom stereocenters. The Kier molecular flexibility index (Phi) is 4.29. The monoisotopic (exact) mass is 276 g/mol. The number of nitrogens with zero attached hydrogens (tertiary/aromatic N) is 1. The van der Waals surface area contributed by atoms with E-state index in [0.717, 1.165) is 34.1 Å². The Hall–Kier alpha value is -2.01. The van der Waals surface area contributed by atoms with Crippen LogP contribution in [0.2, 0.25) is 0 Å². The first-order chi connectivity index (χ1) is 9.52. The molecule has 20 heavy (non-hydrogen) atoms. The van der Waals surface area contributed by atoms with Crippen molar-refractivity contribution in [1.29, 1.82) is 0 Å². The first kappa shape index (κ1) is 14.4. The van der Waals surface area contributed by atoms with Gasteiger partial charge in [-0.05, 0) is 26.8 Å². The summed E-state index contributed by atoms with van der Waals surface area (Å²) in [6.45, 7) is 6.09. The summed E-state index contributed by atoms with van der Waals surface area (Å²) in [6, 6.07) is 5.53. The number of benzene rings is 1. The minimum atomic E-state index is -0.111. The molecule has 0 radical (unpaired) electrons. The number of hydrogen-bond donors (Lipinski definition) is 1. The molecule has 2 rings (SSSR count). The molecule has 0 saturated carbocycles. The predicted octanol–water partition coefficient (Wildman–Crippen LogP) is 2.90. The number of hydrogen-bond acceptors (Lipinski definition) is 5. The van der Waals surface area contributed by atoms with Gasteiger partial charge in [-0.15, -0.1) is 0 Å². The molecule has 2 aromatic rings. The lowest BCUT2D eigenvalue weighted by atomic mass is 10.1. The lowest BCUT2D eigenvalue weighted by Gasteiger charge is -2.15. The Morgan fingerprint density at radius 1 is 1.35 bits per heavy atom. The molecule has 1 aromatic heterocycles. The lowest BCUT2D eigenvalue weighted by Crippen LogP contribution is -2.08. The van der Waals surface area contributed by atoms with Gasteiger partial charge in [0.25, 0.3) is 0 Å².